The number of amides is 2. The molecule has 1 aromatic carbocycles. The van der Waals surface area contributed by atoms with Crippen LogP contribution < -0.4 is 10.6 Å². The summed E-state index contributed by atoms with van der Waals surface area (Å²) < 4.78 is 13.5. The van der Waals surface area contributed by atoms with Crippen molar-refractivity contribution in [3.8, 4) is 0 Å². The molecule has 3 unspecified atom stereocenters. The number of nitrogens with one attached hydrogen (secondary N) is 2. The summed E-state index contributed by atoms with van der Waals surface area (Å²) in [5, 5.41) is 22.6. The van der Waals surface area contributed by atoms with Crippen molar-refractivity contribution < 1.29 is 24.2 Å². The molecule has 0 saturated carbocycles. The van der Waals surface area contributed by atoms with E-state index in [1.807, 2.05) is 0 Å². The molecule has 7 heteroatoms. The van der Waals surface area contributed by atoms with E-state index in [0.717, 1.165) is 0 Å². The molecular weight excluding hydrogens is 267 g/mol. The summed E-state index contributed by atoms with van der Waals surface area (Å²) in [7, 11) is 0. The van der Waals surface area contributed by atoms with Crippen LogP contribution in [0.4, 0.5) is 9.18 Å². The zero-order valence-electron chi connectivity index (χ0n) is 11.1. The van der Waals surface area contributed by atoms with Crippen LogP contribution in [0, 0.1) is 5.82 Å². The Morgan fingerprint density at radius 3 is 2.30 bits per heavy atom. The maximum atomic E-state index is 13.5. The van der Waals surface area contributed by atoms with Crippen LogP contribution in [0.2, 0.25) is 0 Å². The summed E-state index contributed by atoms with van der Waals surface area (Å²) in [5.41, 5.74) is 0.284. The van der Waals surface area contributed by atoms with Crippen LogP contribution in [0.5, 0.6) is 0 Å². The molecule has 0 aromatic heterocycles. The lowest BCUT2D eigenvalue weighted by Crippen LogP contribution is -2.51. The van der Waals surface area contributed by atoms with Gasteiger partial charge < -0.3 is 20.8 Å². The van der Waals surface area contributed by atoms with E-state index in [1.54, 1.807) is 13.0 Å². The zero-order chi connectivity index (χ0) is 15.3. The van der Waals surface area contributed by atoms with Gasteiger partial charge in [-0.3, -0.25) is 0 Å². The van der Waals surface area contributed by atoms with E-state index < -0.39 is 36.0 Å². The second kappa shape index (κ2) is 6.85. The van der Waals surface area contributed by atoms with Gasteiger partial charge in [-0.25, -0.2) is 14.0 Å². The minimum Gasteiger partial charge on any atom is -0.480 e. The average Bonchev–Trinajstić information content (AvgIpc) is 2.35. The van der Waals surface area contributed by atoms with Gasteiger partial charge in [0.15, 0.2) is 6.04 Å². The van der Waals surface area contributed by atoms with Gasteiger partial charge in [-0.05, 0) is 19.9 Å². The third-order valence-electron chi connectivity index (χ3n) is 2.75. The van der Waals surface area contributed by atoms with Crippen LogP contribution in [-0.2, 0) is 4.79 Å². The van der Waals surface area contributed by atoms with Crippen molar-refractivity contribution in [1.29, 1.82) is 0 Å². The lowest BCUT2D eigenvalue weighted by molar-refractivity contribution is -0.141. The van der Waals surface area contributed by atoms with E-state index in [2.05, 4.69) is 10.6 Å². The number of rotatable bonds is 5. The molecule has 0 fully saturated rings. The van der Waals surface area contributed by atoms with E-state index in [1.165, 1.54) is 25.1 Å². The SMILES string of the molecule is CC(NC(=O)NC(C(=O)O)C(C)O)c1ccccc1F. The Bertz CT molecular complexity index is 493. The van der Waals surface area contributed by atoms with E-state index in [4.69, 9.17) is 5.11 Å². The number of aliphatic hydroxyl groups is 1. The maximum absolute atomic E-state index is 13.5. The van der Waals surface area contributed by atoms with Gasteiger partial charge in [0.2, 0.25) is 0 Å². The largest absolute Gasteiger partial charge is 0.480 e. The molecule has 0 spiro atoms. The van der Waals surface area contributed by atoms with Crippen LogP contribution in [0.3, 0.4) is 0 Å². The van der Waals surface area contributed by atoms with Gasteiger partial charge in [-0.2, -0.15) is 0 Å². The summed E-state index contributed by atoms with van der Waals surface area (Å²) in [6.07, 6.45) is -1.25. The molecule has 0 bridgehead atoms. The fourth-order valence-electron chi connectivity index (χ4n) is 1.67. The molecule has 0 heterocycles. The Kier molecular flexibility index (Phi) is 5.45. The summed E-state index contributed by atoms with van der Waals surface area (Å²) in [6, 6.07) is 3.07. The fraction of sp³-hybridized carbons (Fsp3) is 0.385. The molecule has 0 aliphatic rings. The predicted octanol–water partition coefficient (Wildman–Crippen LogP) is 1.02. The Morgan fingerprint density at radius 2 is 1.80 bits per heavy atom. The lowest BCUT2D eigenvalue weighted by atomic mass is 10.1. The second-order valence-corrected chi connectivity index (χ2v) is 4.42. The molecular formula is C13H17FN2O4. The number of carbonyl (C=O) groups excluding carboxylic acids is 1. The molecule has 6 nitrogen and oxygen atoms in total. The number of carbonyl (C=O) groups is 2. The Morgan fingerprint density at radius 1 is 1.20 bits per heavy atom. The molecule has 0 radical (unpaired) electrons. The number of hydrogen-bond donors (Lipinski definition) is 4. The molecule has 4 N–H and O–H groups in total. The van der Waals surface area contributed by atoms with Crippen molar-refractivity contribution in [2.45, 2.75) is 32.0 Å². The number of benzene rings is 1. The van der Waals surface area contributed by atoms with Crippen LogP contribution in [0.1, 0.15) is 25.5 Å². The first-order chi connectivity index (χ1) is 9.32. The minimum absolute atomic E-state index is 0.284. The molecule has 0 saturated heterocycles. The Balaban J connectivity index is 2.67. The van der Waals surface area contributed by atoms with Gasteiger partial charge in [0.05, 0.1) is 12.1 Å². The molecule has 20 heavy (non-hydrogen) atoms. The van der Waals surface area contributed by atoms with Crippen molar-refractivity contribution in [2.75, 3.05) is 0 Å². The number of carboxylic acid groups (broad SMARTS) is 1. The number of halogens is 1. The lowest BCUT2D eigenvalue weighted by Gasteiger charge is -2.20. The van der Waals surface area contributed by atoms with E-state index in [0.29, 0.717) is 0 Å². The minimum atomic E-state index is -1.43. The first-order valence-corrected chi connectivity index (χ1v) is 6.05. The standard InChI is InChI=1S/C13H17FN2O4/c1-7(9-5-3-4-6-10(9)14)15-13(20)16-11(8(2)17)12(18)19/h3-8,11,17H,1-2H3,(H,18,19)(H2,15,16,20). The van der Waals surface area contributed by atoms with Crippen LogP contribution in [0.25, 0.3) is 0 Å². The fourth-order valence-corrected chi connectivity index (χ4v) is 1.67. The van der Waals surface area contributed by atoms with Gasteiger partial charge in [0, 0.05) is 5.56 Å². The molecule has 0 aliphatic heterocycles. The number of hydrogen-bond acceptors (Lipinski definition) is 3. The van der Waals surface area contributed by atoms with Crippen LogP contribution in [0.15, 0.2) is 24.3 Å². The average molecular weight is 284 g/mol. The zero-order valence-corrected chi connectivity index (χ0v) is 11.1. The van der Waals surface area contributed by atoms with Crippen molar-refractivity contribution in [3.05, 3.63) is 35.6 Å². The van der Waals surface area contributed by atoms with E-state index in [-0.39, 0.29) is 5.56 Å². The molecule has 1 rings (SSSR count). The van der Waals surface area contributed by atoms with Crippen molar-refractivity contribution in [1.82, 2.24) is 10.6 Å². The van der Waals surface area contributed by atoms with Crippen molar-refractivity contribution in [2.24, 2.45) is 0 Å². The second-order valence-electron chi connectivity index (χ2n) is 4.42. The maximum Gasteiger partial charge on any atom is 0.328 e. The monoisotopic (exact) mass is 284 g/mol. The third kappa shape index (κ3) is 4.20. The highest BCUT2D eigenvalue weighted by Gasteiger charge is 2.25. The quantitative estimate of drug-likeness (QED) is 0.648. The molecule has 1 aromatic rings. The summed E-state index contributed by atoms with van der Waals surface area (Å²) in [5.74, 6) is -1.82. The van der Waals surface area contributed by atoms with E-state index >= 15 is 0 Å². The van der Waals surface area contributed by atoms with Crippen molar-refractivity contribution in [3.63, 3.8) is 0 Å². The first-order valence-electron chi connectivity index (χ1n) is 6.05. The highest BCUT2D eigenvalue weighted by atomic mass is 19.1. The molecule has 3 atom stereocenters. The van der Waals surface area contributed by atoms with E-state index in [9.17, 15) is 19.1 Å². The van der Waals surface area contributed by atoms with Gasteiger partial charge >= 0.3 is 12.0 Å². The molecule has 110 valence electrons. The number of urea groups is 1. The van der Waals surface area contributed by atoms with Crippen LogP contribution in [-0.4, -0.2) is 34.4 Å². The third-order valence-corrected chi connectivity index (χ3v) is 2.75. The number of carboxylic acids is 1. The number of aliphatic hydroxyl groups excluding tert-OH is 1. The van der Waals surface area contributed by atoms with Crippen molar-refractivity contribution >= 4 is 12.0 Å². The predicted molar refractivity (Wildman–Crippen MR) is 69.6 cm³/mol. The summed E-state index contributed by atoms with van der Waals surface area (Å²) in [6.45, 7) is 2.81. The normalized spacial score (nSPS) is 15.0. The molecule has 0 aliphatic carbocycles. The number of aliphatic carboxylic acids is 1. The highest BCUT2D eigenvalue weighted by Crippen LogP contribution is 2.15. The summed E-state index contributed by atoms with van der Waals surface area (Å²) in [4.78, 5) is 22.5. The highest BCUT2D eigenvalue weighted by molar-refractivity contribution is 5.83. The van der Waals surface area contributed by atoms with Gasteiger partial charge in [-0.15, -0.1) is 0 Å². The van der Waals surface area contributed by atoms with Gasteiger partial charge in [-0.1, -0.05) is 18.2 Å². The Hall–Kier alpha value is -2.15. The smallest absolute Gasteiger partial charge is 0.328 e. The summed E-state index contributed by atoms with van der Waals surface area (Å²) >= 11 is 0. The Labute approximate surface area is 115 Å². The topological polar surface area (TPSA) is 98.7 Å². The first kappa shape index (κ1) is 15.9. The van der Waals surface area contributed by atoms with Gasteiger partial charge in [0.25, 0.3) is 0 Å². The van der Waals surface area contributed by atoms with Gasteiger partial charge in [0.1, 0.15) is 5.82 Å². The molecule has 2 amide bonds. The van der Waals surface area contributed by atoms with Crippen LogP contribution >= 0.6 is 0 Å².